The summed E-state index contributed by atoms with van der Waals surface area (Å²) >= 11 is 0. The molecular weight excluding hydrogens is 278 g/mol. The van der Waals surface area contributed by atoms with Gasteiger partial charge in [-0.1, -0.05) is 49.2 Å². The van der Waals surface area contributed by atoms with Gasteiger partial charge < -0.3 is 0 Å². The van der Waals surface area contributed by atoms with Crippen molar-refractivity contribution in [2.24, 2.45) is 7.05 Å². The number of hydrogen-bond acceptors (Lipinski definition) is 0. The average Bonchev–Trinajstić information content (AvgIpc) is 3.10. The van der Waals surface area contributed by atoms with Crippen LogP contribution in [0, 0.1) is 6.92 Å². The second-order valence-electron chi connectivity index (χ2n) is 6.89. The van der Waals surface area contributed by atoms with Crippen molar-refractivity contribution in [1.29, 1.82) is 0 Å². The monoisotopic (exact) mass is 302 g/mol. The Morgan fingerprint density at radius 2 is 1.52 bits per heavy atom. The number of benzene rings is 2. The van der Waals surface area contributed by atoms with E-state index in [2.05, 4.69) is 73.3 Å². The summed E-state index contributed by atoms with van der Waals surface area (Å²) in [5.74, 6) is 0.733. The molecule has 0 bridgehead atoms. The highest BCUT2D eigenvalue weighted by molar-refractivity contribution is 5.95. The molecule has 1 fully saturated rings. The fraction of sp³-hybridized carbons (Fsp3) is 0.318. The van der Waals surface area contributed by atoms with Crippen LogP contribution in [0.15, 0.2) is 54.7 Å². The molecule has 0 radical (unpaired) electrons. The standard InChI is InChI=1S/C22H24N/c1-16-9-3-6-12-18(16)22-20-14-8-7-13-19(20)21(15-23(22)2)17-10-4-5-11-17/h3,6-9,12-15,17H,4-5,10-11H2,1-2H3/q+1. The first-order valence-corrected chi connectivity index (χ1v) is 8.73. The molecule has 0 amide bonds. The Labute approximate surface area is 138 Å². The molecule has 4 rings (SSSR count). The molecule has 0 spiro atoms. The zero-order valence-electron chi connectivity index (χ0n) is 14.0. The number of nitrogens with zero attached hydrogens (tertiary/aromatic N) is 1. The minimum atomic E-state index is 0.733. The van der Waals surface area contributed by atoms with Crippen molar-refractivity contribution in [1.82, 2.24) is 0 Å². The Morgan fingerprint density at radius 1 is 0.870 bits per heavy atom. The molecule has 0 saturated heterocycles. The summed E-state index contributed by atoms with van der Waals surface area (Å²) in [7, 11) is 2.20. The molecule has 1 aliphatic carbocycles. The minimum absolute atomic E-state index is 0.733. The van der Waals surface area contributed by atoms with Crippen molar-refractivity contribution in [2.45, 2.75) is 38.5 Å². The molecule has 23 heavy (non-hydrogen) atoms. The highest BCUT2D eigenvalue weighted by Gasteiger charge is 2.25. The zero-order valence-corrected chi connectivity index (χ0v) is 14.0. The van der Waals surface area contributed by atoms with Crippen LogP contribution in [0.5, 0.6) is 0 Å². The van der Waals surface area contributed by atoms with E-state index >= 15 is 0 Å². The molecule has 0 unspecified atom stereocenters. The van der Waals surface area contributed by atoms with Gasteiger partial charge in [0.2, 0.25) is 5.69 Å². The highest BCUT2D eigenvalue weighted by Crippen LogP contribution is 2.39. The predicted molar refractivity (Wildman–Crippen MR) is 96.5 cm³/mol. The van der Waals surface area contributed by atoms with Gasteiger partial charge in [-0.15, -0.1) is 0 Å². The van der Waals surface area contributed by atoms with Gasteiger partial charge in [0, 0.05) is 11.1 Å². The van der Waals surface area contributed by atoms with E-state index in [4.69, 9.17) is 0 Å². The Bertz CT molecular complexity index is 857. The van der Waals surface area contributed by atoms with Gasteiger partial charge in [0.1, 0.15) is 7.05 Å². The lowest BCUT2D eigenvalue weighted by Gasteiger charge is -2.15. The summed E-state index contributed by atoms with van der Waals surface area (Å²) in [5.41, 5.74) is 5.55. The molecule has 1 saturated carbocycles. The summed E-state index contributed by atoms with van der Waals surface area (Å²) in [6, 6.07) is 17.7. The molecule has 0 aliphatic heterocycles. The van der Waals surface area contributed by atoms with E-state index in [-0.39, 0.29) is 0 Å². The van der Waals surface area contributed by atoms with E-state index in [1.165, 1.54) is 58.8 Å². The topological polar surface area (TPSA) is 3.88 Å². The quantitative estimate of drug-likeness (QED) is 0.566. The van der Waals surface area contributed by atoms with Crippen LogP contribution in [0.2, 0.25) is 0 Å². The third-order valence-electron chi connectivity index (χ3n) is 5.37. The SMILES string of the molecule is Cc1ccccc1-c1c2ccccc2c(C2CCCC2)c[n+]1C. The predicted octanol–water partition coefficient (Wildman–Crippen LogP) is 5.30. The number of hydrogen-bond donors (Lipinski definition) is 0. The van der Waals surface area contributed by atoms with Crippen LogP contribution in [0.4, 0.5) is 0 Å². The highest BCUT2D eigenvalue weighted by atomic mass is 14.9. The smallest absolute Gasteiger partial charge is 0.200 e. The molecule has 116 valence electrons. The van der Waals surface area contributed by atoms with Crippen LogP contribution in [-0.4, -0.2) is 0 Å². The first kappa shape index (κ1) is 14.4. The van der Waals surface area contributed by atoms with Gasteiger partial charge in [-0.3, -0.25) is 0 Å². The second kappa shape index (κ2) is 5.81. The summed E-state index contributed by atoms with van der Waals surface area (Å²) < 4.78 is 2.35. The maximum absolute atomic E-state index is 2.39. The molecule has 1 heteroatoms. The van der Waals surface area contributed by atoms with Crippen LogP contribution in [0.25, 0.3) is 22.0 Å². The molecule has 1 aromatic heterocycles. The zero-order chi connectivity index (χ0) is 15.8. The molecule has 1 nitrogen and oxygen atoms in total. The van der Waals surface area contributed by atoms with Gasteiger partial charge in [-0.05, 0) is 48.8 Å². The fourth-order valence-electron chi connectivity index (χ4n) is 4.21. The maximum atomic E-state index is 2.39. The van der Waals surface area contributed by atoms with Gasteiger partial charge in [0.05, 0.1) is 5.39 Å². The summed E-state index contributed by atoms with van der Waals surface area (Å²) in [5, 5.41) is 2.82. The van der Waals surface area contributed by atoms with E-state index in [0.717, 1.165) is 5.92 Å². The summed E-state index contributed by atoms with van der Waals surface area (Å²) in [6.45, 7) is 2.20. The average molecular weight is 302 g/mol. The van der Waals surface area contributed by atoms with Gasteiger partial charge in [-0.25, -0.2) is 4.57 Å². The first-order valence-electron chi connectivity index (χ1n) is 8.73. The normalized spacial score (nSPS) is 15.4. The largest absolute Gasteiger partial charge is 0.220 e. The molecule has 3 aromatic rings. The Balaban J connectivity index is 2.02. The van der Waals surface area contributed by atoms with Crippen LogP contribution >= 0.6 is 0 Å². The van der Waals surface area contributed by atoms with Crippen molar-refractivity contribution in [3.8, 4) is 11.3 Å². The molecule has 0 atom stereocenters. The molecule has 1 heterocycles. The van der Waals surface area contributed by atoms with E-state index in [0.29, 0.717) is 0 Å². The molecule has 2 aromatic carbocycles. The maximum Gasteiger partial charge on any atom is 0.220 e. The van der Waals surface area contributed by atoms with E-state index in [1.54, 1.807) is 0 Å². The van der Waals surface area contributed by atoms with Crippen LogP contribution in [-0.2, 0) is 7.05 Å². The Kier molecular flexibility index (Phi) is 3.65. The Morgan fingerprint density at radius 3 is 2.26 bits per heavy atom. The van der Waals surface area contributed by atoms with Crippen molar-refractivity contribution < 1.29 is 4.57 Å². The minimum Gasteiger partial charge on any atom is -0.200 e. The van der Waals surface area contributed by atoms with E-state index in [1.807, 2.05) is 0 Å². The summed E-state index contributed by atoms with van der Waals surface area (Å²) in [4.78, 5) is 0. The number of fused-ring (bicyclic) bond motifs is 1. The lowest BCUT2D eigenvalue weighted by atomic mass is 9.91. The van der Waals surface area contributed by atoms with Crippen molar-refractivity contribution in [3.05, 3.63) is 65.9 Å². The van der Waals surface area contributed by atoms with Gasteiger partial charge >= 0.3 is 0 Å². The number of aryl methyl sites for hydroxylation is 2. The first-order chi connectivity index (χ1) is 11.3. The van der Waals surface area contributed by atoms with Crippen molar-refractivity contribution in [3.63, 3.8) is 0 Å². The lowest BCUT2D eigenvalue weighted by molar-refractivity contribution is -0.659. The van der Waals surface area contributed by atoms with Crippen LogP contribution in [0.3, 0.4) is 0 Å². The number of pyridine rings is 1. The molecule has 1 aliphatic rings. The van der Waals surface area contributed by atoms with Crippen molar-refractivity contribution in [2.75, 3.05) is 0 Å². The van der Waals surface area contributed by atoms with Crippen molar-refractivity contribution >= 4 is 10.8 Å². The number of rotatable bonds is 2. The van der Waals surface area contributed by atoms with E-state index in [9.17, 15) is 0 Å². The van der Waals surface area contributed by atoms with Gasteiger partial charge in [0.25, 0.3) is 0 Å². The molecule has 0 N–H and O–H groups in total. The molecular formula is C22H24N+. The van der Waals surface area contributed by atoms with Crippen LogP contribution in [0.1, 0.15) is 42.7 Å². The second-order valence-corrected chi connectivity index (χ2v) is 6.89. The third-order valence-corrected chi connectivity index (χ3v) is 5.37. The van der Waals surface area contributed by atoms with E-state index < -0.39 is 0 Å². The van der Waals surface area contributed by atoms with Gasteiger partial charge in [-0.2, -0.15) is 0 Å². The van der Waals surface area contributed by atoms with Gasteiger partial charge in [0.15, 0.2) is 6.20 Å². The third kappa shape index (κ3) is 2.45. The summed E-state index contributed by atoms with van der Waals surface area (Å²) in [6.07, 6.45) is 7.83. The number of aromatic nitrogens is 1. The van der Waals surface area contributed by atoms with Crippen LogP contribution < -0.4 is 4.57 Å². The fourth-order valence-corrected chi connectivity index (χ4v) is 4.21. The Hall–Kier alpha value is -2.15. The lowest BCUT2D eigenvalue weighted by Crippen LogP contribution is -2.32.